The molecule has 2 aromatic heterocycles. The third-order valence-electron chi connectivity index (χ3n) is 10.1. The highest BCUT2D eigenvalue weighted by Gasteiger charge is 2.45. The van der Waals surface area contributed by atoms with Crippen molar-refractivity contribution in [2.75, 3.05) is 43.9 Å². The SMILES string of the molecule is CN1CCC[C@@]1(C)COc1nc(N2CC3CCC(C2)N3C(=O)OC(C)(C)C)c2cc(Cl)c(-c3ccc(F)c4sc(N)c(C#N)c34)c(F)c2n1. The van der Waals surface area contributed by atoms with Crippen LogP contribution in [0.1, 0.15) is 58.9 Å². The van der Waals surface area contributed by atoms with E-state index in [9.17, 15) is 14.4 Å². The van der Waals surface area contributed by atoms with Gasteiger partial charge in [0, 0.05) is 29.4 Å². The van der Waals surface area contributed by atoms with Gasteiger partial charge in [-0.25, -0.2) is 13.6 Å². The van der Waals surface area contributed by atoms with Gasteiger partial charge in [-0.2, -0.15) is 15.2 Å². The Bertz CT molecular complexity index is 2030. The number of carbonyl (C=O) groups is 1. The summed E-state index contributed by atoms with van der Waals surface area (Å²) in [5.41, 5.74) is 5.46. The molecule has 0 saturated carbocycles. The molecular formula is C35H38ClF2N7O3S. The molecule has 14 heteroatoms. The summed E-state index contributed by atoms with van der Waals surface area (Å²) in [7, 11) is 2.05. The third-order valence-corrected chi connectivity index (χ3v) is 11.4. The maximum atomic E-state index is 17.1. The van der Waals surface area contributed by atoms with Gasteiger partial charge in [0.2, 0.25) is 0 Å². The van der Waals surface area contributed by atoms with E-state index in [2.05, 4.69) is 16.8 Å². The van der Waals surface area contributed by atoms with E-state index in [0.717, 1.165) is 43.6 Å². The van der Waals surface area contributed by atoms with Crippen molar-refractivity contribution >= 4 is 60.8 Å². The first kappa shape index (κ1) is 33.5. The second kappa shape index (κ2) is 12.1. The number of halogens is 3. The predicted molar refractivity (Wildman–Crippen MR) is 187 cm³/mol. The average Bonchev–Trinajstić information content (AvgIpc) is 3.65. The third kappa shape index (κ3) is 5.77. The van der Waals surface area contributed by atoms with Crippen LogP contribution in [0.2, 0.25) is 5.02 Å². The highest BCUT2D eigenvalue weighted by Crippen LogP contribution is 2.46. The van der Waals surface area contributed by atoms with E-state index in [4.69, 9.17) is 31.8 Å². The van der Waals surface area contributed by atoms with E-state index in [-0.39, 0.29) is 72.0 Å². The number of hydrogen-bond donors (Lipinski definition) is 1. The first-order valence-electron chi connectivity index (χ1n) is 16.4. The summed E-state index contributed by atoms with van der Waals surface area (Å²) in [5.74, 6) is -0.878. The maximum absolute atomic E-state index is 17.1. The molecular weight excluding hydrogens is 672 g/mol. The molecule has 3 atom stereocenters. The van der Waals surface area contributed by atoms with Gasteiger partial charge in [0.25, 0.3) is 0 Å². The van der Waals surface area contributed by atoms with Crippen LogP contribution in [0.15, 0.2) is 18.2 Å². The standard InChI is InChI=1S/C35H38ClF2N7O3S/c1-34(2,3)48-33(46)45-18-7-8-19(45)16-44(15-18)31-21-13-23(36)26(20-9-10-24(37)29-25(20)22(14-39)30(40)49-29)27(38)28(21)41-32(42-31)47-17-35(4)11-6-12-43(35)5/h9-10,13,18-19H,6-8,11-12,15-17,40H2,1-5H3/t18?,19?,35-/m0/s1. The van der Waals surface area contributed by atoms with Crippen LogP contribution in [0, 0.1) is 23.0 Å². The molecule has 3 fully saturated rings. The monoisotopic (exact) mass is 709 g/mol. The molecule has 2 aromatic carbocycles. The van der Waals surface area contributed by atoms with Gasteiger partial charge >= 0.3 is 12.1 Å². The second-order valence-corrected chi connectivity index (χ2v) is 16.0. The zero-order valence-electron chi connectivity index (χ0n) is 28.1. The van der Waals surface area contributed by atoms with Gasteiger partial charge in [0.05, 0.1) is 32.9 Å². The van der Waals surface area contributed by atoms with E-state index >= 15 is 4.39 Å². The Morgan fingerprint density at radius 3 is 2.57 bits per heavy atom. The molecule has 2 unspecified atom stereocenters. The average molecular weight is 710 g/mol. The summed E-state index contributed by atoms with van der Waals surface area (Å²) >= 11 is 7.82. The number of rotatable bonds is 5. The molecule has 10 nitrogen and oxygen atoms in total. The van der Waals surface area contributed by atoms with Gasteiger partial charge in [-0.05, 0) is 84.7 Å². The van der Waals surface area contributed by atoms with Crippen molar-refractivity contribution in [3.63, 3.8) is 0 Å². The number of aromatic nitrogens is 2. The van der Waals surface area contributed by atoms with E-state index < -0.39 is 17.2 Å². The number of benzene rings is 2. The Morgan fingerprint density at radius 1 is 1.22 bits per heavy atom. The van der Waals surface area contributed by atoms with E-state index in [1.165, 1.54) is 12.1 Å². The quantitative estimate of drug-likeness (QED) is 0.227. The summed E-state index contributed by atoms with van der Waals surface area (Å²) in [6, 6.07) is 6.03. The molecule has 3 saturated heterocycles. The lowest BCUT2D eigenvalue weighted by Gasteiger charge is -2.42. The minimum atomic E-state index is -0.753. The molecule has 49 heavy (non-hydrogen) atoms. The molecule has 5 heterocycles. The number of amides is 1. The molecule has 3 aliphatic rings. The number of piperazine rings is 1. The van der Waals surface area contributed by atoms with Crippen LogP contribution in [0.5, 0.6) is 6.01 Å². The number of nitrogen functional groups attached to an aromatic ring is 1. The molecule has 3 aliphatic heterocycles. The van der Waals surface area contributed by atoms with Gasteiger partial charge < -0.3 is 20.1 Å². The Labute approximate surface area is 292 Å². The fourth-order valence-corrected chi connectivity index (χ4v) is 8.71. The number of carbonyl (C=O) groups excluding carboxylic acids is 1. The fourth-order valence-electron chi connectivity index (χ4n) is 7.47. The van der Waals surface area contributed by atoms with Crippen LogP contribution >= 0.6 is 22.9 Å². The summed E-state index contributed by atoms with van der Waals surface area (Å²) in [6.07, 6.45) is 3.20. The topological polar surface area (TPSA) is 121 Å². The van der Waals surface area contributed by atoms with E-state index in [1.807, 2.05) is 43.7 Å². The highest BCUT2D eigenvalue weighted by atomic mass is 35.5. The number of nitrogens with zero attached hydrogens (tertiary/aromatic N) is 6. The van der Waals surface area contributed by atoms with Crippen molar-refractivity contribution in [3.8, 4) is 23.2 Å². The lowest BCUT2D eigenvalue weighted by Crippen LogP contribution is -2.57. The van der Waals surface area contributed by atoms with Crippen LogP contribution < -0.4 is 15.4 Å². The van der Waals surface area contributed by atoms with Crippen LogP contribution in [-0.4, -0.2) is 82.4 Å². The number of nitriles is 1. The van der Waals surface area contributed by atoms with Crippen LogP contribution in [-0.2, 0) is 4.74 Å². The van der Waals surface area contributed by atoms with E-state index in [0.29, 0.717) is 30.9 Å². The van der Waals surface area contributed by atoms with Gasteiger partial charge in [-0.15, -0.1) is 11.3 Å². The number of likely N-dealkylation sites (tertiary alicyclic amines) is 1. The van der Waals surface area contributed by atoms with Gasteiger partial charge in [-0.3, -0.25) is 9.80 Å². The minimum Gasteiger partial charge on any atom is -0.461 e. The second-order valence-electron chi connectivity index (χ2n) is 14.5. The zero-order chi connectivity index (χ0) is 35.0. The molecule has 2 N–H and O–H groups in total. The number of thiophene rings is 1. The van der Waals surface area contributed by atoms with Crippen molar-refractivity contribution < 1.29 is 23.0 Å². The Hall–Kier alpha value is -3.99. The lowest BCUT2D eigenvalue weighted by molar-refractivity contribution is 0.0122. The summed E-state index contributed by atoms with van der Waals surface area (Å²) in [4.78, 5) is 28.7. The first-order valence-corrected chi connectivity index (χ1v) is 17.6. The molecule has 0 spiro atoms. The minimum absolute atomic E-state index is 0.0138. The molecule has 0 aliphatic carbocycles. The van der Waals surface area contributed by atoms with E-state index in [1.54, 1.807) is 6.07 Å². The number of nitrogens with two attached hydrogens (primary N) is 1. The van der Waals surface area contributed by atoms with Gasteiger partial charge in [0.1, 0.15) is 40.4 Å². The fraction of sp³-hybridized carbons (Fsp3) is 0.486. The molecule has 0 radical (unpaired) electrons. The Balaban J connectivity index is 1.35. The number of ether oxygens (including phenoxy) is 2. The Kier molecular flexibility index (Phi) is 8.28. The maximum Gasteiger partial charge on any atom is 0.410 e. The highest BCUT2D eigenvalue weighted by molar-refractivity contribution is 7.23. The van der Waals surface area contributed by atoms with Crippen LogP contribution in [0.4, 0.5) is 24.4 Å². The lowest BCUT2D eigenvalue weighted by atomic mass is 9.97. The smallest absolute Gasteiger partial charge is 0.410 e. The summed E-state index contributed by atoms with van der Waals surface area (Å²) in [5, 5.41) is 10.6. The van der Waals surface area contributed by atoms with Gasteiger partial charge in [0.15, 0.2) is 5.82 Å². The molecule has 7 rings (SSSR count). The predicted octanol–water partition coefficient (Wildman–Crippen LogP) is 7.35. The van der Waals surface area contributed by atoms with Gasteiger partial charge in [-0.1, -0.05) is 17.7 Å². The van der Waals surface area contributed by atoms with Crippen molar-refractivity contribution in [3.05, 3.63) is 40.4 Å². The van der Waals surface area contributed by atoms with Crippen molar-refractivity contribution in [2.24, 2.45) is 0 Å². The first-order chi connectivity index (χ1) is 23.2. The van der Waals surface area contributed by atoms with Crippen molar-refractivity contribution in [2.45, 2.75) is 76.6 Å². The summed E-state index contributed by atoms with van der Waals surface area (Å²) < 4.78 is 44.1. The number of fused-ring (bicyclic) bond motifs is 4. The molecule has 2 bridgehead atoms. The number of hydrogen-bond acceptors (Lipinski definition) is 10. The molecule has 4 aromatic rings. The number of likely N-dealkylation sites (N-methyl/N-ethyl adjacent to an activating group) is 1. The van der Waals surface area contributed by atoms with Crippen molar-refractivity contribution in [1.29, 1.82) is 5.26 Å². The summed E-state index contributed by atoms with van der Waals surface area (Å²) in [6.45, 7) is 9.79. The molecule has 258 valence electrons. The van der Waals surface area contributed by atoms with Crippen LogP contribution in [0.25, 0.3) is 32.1 Å². The largest absolute Gasteiger partial charge is 0.461 e. The van der Waals surface area contributed by atoms with Crippen LogP contribution in [0.3, 0.4) is 0 Å². The Morgan fingerprint density at radius 2 is 1.94 bits per heavy atom. The number of anilines is 2. The molecule has 1 amide bonds. The van der Waals surface area contributed by atoms with Crippen molar-refractivity contribution in [1.82, 2.24) is 19.8 Å². The normalized spacial score (nSPS) is 22.7. The zero-order valence-corrected chi connectivity index (χ0v) is 29.6.